The summed E-state index contributed by atoms with van der Waals surface area (Å²) in [7, 11) is 0. The molecule has 2 rings (SSSR count). The van der Waals surface area contributed by atoms with Gasteiger partial charge in [0.25, 0.3) is 0 Å². The Bertz CT molecular complexity index is 479. The van der Waals surface area contributed by atoms with E-state index in [2.05, 4.69) is 11.4 Å². The molecule has 0 aromatic heterocycles. The van der Waals surface area contributed by atoms with Crippen molar-refractivity contribution in [2.45, 2.75) is 26.0 Å². The van der Waals surface area contributed by atoms with Crippen molar-refractivity contribution in [2.24, 2.45) is 5.92 Å². The number of hydrogen-bond acceptors (Lipinski definition) is 3. The average Bonchev–Trinajstić information content (AvgIpc) is 2.83. The molecular formula is C14H16N2O2. The predicted octanol–water partition coefficient (Wildman–Crippen LogP) is 1.60. The smallest absolute Gasteiger partial charge is 0.225 e. The molecule has 2 atom stereocenters. The Kier molecular flexibility index (Phi) is 3.96. The van der Waals surface area contributed by atoms with Gasteiger partial charge in [0, 0.05) is 6.54 Å². The van der Waals surface area contributed by atoms with Crippen molar-refractivity contribution < 1.29 is 9.53 Å². The van der Waals surface area contributed by atoms with E-state index in [9.17, 15) is 4.79 Å². The first-order chi connectivity index (χ1) is 8.69. The van der Waals surface area contributed by atoms with E-state index in [0.717, 1.165) is 12.0 Å². The molecule has 4 heteroatoms. The van der Waals surface area contributed by atoms with Crippen LogP contribution < -0.4 is 5.32 Å². The molecule has 1 aliphatic heterocycles. The lowest BCUT2D eigenvalue weighted by Gasteiger charge is -2.09. The van der Waals surface area contributed by atoms with Crippen LogP contribution in [-0.2, 0) is 16.1 Å². The van der Waals surface area contributed by atoms with Crippen molar-refractivity contribution in [3.8, 4) is 6.07 Å². The molecule has 94 valence electrons. The topological polar surface area (TPSA) is 62.1 Å². The van der Waals surface area contributed by atoms with Gasteiger partial charge in [-0.25, -0.2) is 0 Å². The Morgan fingerprint density at radius 3 is 3.11 bits per heavy atom. The number of ether oxygens (including phenoxy) is 1. The Balaban J connectivity index is 1.87. The minimum atomic E-state index is -0.0425. The summed E-state index contributed by atoms with van der Waals surface area (Å²) >= 11 is 0. The van der Waals surface area contributed by atoms with E-state index >= 15 is 0 Å². The number of amides is 1. The van der Waals surface area contributed by atoms with Crippen molar-refractivity contribution in [3.63, 3.8) is 0 Å². The third kappa shape index (κ3) is 3.08. The van der Waals surface area contributed by atoms with Gasteiger partial charge in [-0.05, 0) is 31.0 Å². The molecule has 1 N–H and O–H groups in total. The summed E-state index contributed by atoms with van der Waals surface area (Å²) < 4.78 is 5.37. The van der Waals surface area contributed by atoms with Gasteiger partial charge in [0.05, 0.1) is 30.3 Å². The summed E-state index contributed by atoms with van der Waals surface area (Å²) in [5.41, 5.74) is 1.55. The molecule has 4 nitrogen and oxygen atoms in total. The van der Waals surface area contributed by atoms with Crippen LogP contribution in [0.4, 0.5) is 0 Å². The summed E-state index contributed by atoms with van der Waals surface area (Å²) in [6, 6.07) is 9.33. The van der Waals surface area contributed by atoms with Crippen LogP contribution in [-0.4, -0.2) is 18.6 Å². The van der Waals surface area contributed by atoms with E-state index in [1.54, 1.807) is 12.1 Å². The van der Waals surface area contributed by atoms with Gasteiger partial charge in [0.15, 0.2) is 0 Å². The minimum Gasteiger partial charge on any atom is -0.378 e. The summed E-state index contributed by atoms with van der Waals surface area (Å²) in [5.74, 6) is -0.0131. The largest absolute Gasteiger partial charge is 0.378 e. The normalized spacial score (nSPS) is 22.4. The molecule has 1 amide bonds. The highest BCUT2D eigenvalue weighted by atomic mass is 16.5. The lowest BCUT2D eigenvalue weighted by Crippen LogP contribution is -2.30. The second kappa shape index (κ2) is 5.65. The first-order valence-corrected chi connectivity index (χ1v) is 6.07. The lowest BCUT2D eigenvalue weighted by atomic mass is 10.1. The van der Waals surface area contributed by atoms with Crippen molar-refractivity contribution in [1.29, 1.82) is 5.26 Å². The lowest BCUT2D eigenvalue weighted by molar-refractivity contribution is -0.125. The fourth-order valence-electron chi connectivity index (χ4n) is 2.08. The van der Waals surface area contributed by atoms with E-state index in [-0.39, 0.29) is 17.9 Å². The number of nitriles is 1. The van der Waals surface area contributed by atoms with Gasteiger partial charge < -0.3 is 10.1 Å². The fourth-order valence-corrected chi connectivity index (χ4v) is 2.08. The number of carbonyl (C=O) groups is 1. The standard InChI is InChI=1S/C14H16N2O2/c1-10-5-13(9-18-10)14(17)16-8-12-4-2-3-11(6-12)7-15/h2-4,6,10,13H,5,8-9H2,1H3,(H,16,17). The Morgan fingerprint density at radius 2 is 2.44 bits per heavy atom. The van der Waals surface area contributed by atoms with Crippen LogP contribution in [0, 0.1) is 17.2 Å². The van der Waals surface area contributed by atoms with Crippen LogP contribution in [0.5, 0.6) is 0 Å². The summed E-state index contributed by atoms with van der Waals surface area (Å²) in [6.07, 6.45) is 0.951. The maximum absolute atomic E-state index is 11.9. The average molecular weight is 244 g/mol. The zero-order chi connectivity index (χ0) is 13.0. The van der Waals surface area contributed by atoms with E-state index in [0.29, 0.717) is 18.7 Å². The zero-order valence-electron chi connectivity index (χ0n) is 10.3. The monoisotopic (exact) mass is 244 g/mol. The Hall–Kier alpha value is -1.86. The quantitative estimate of drug-likeness (QED) is 0.878. The Labute approximate surface area is 107 Å². The van der Waals surface area contributed by atoms with Gasteiger partial charge in [0.1, 0.15) is 0 Å². The molecule has 0 bridgehead atoms. The van der Waals surface area contributed by atoms with Gasteiger partial charge in [-0.2, -0.15) is 5.26 Å². The van der Waals surface area contributed by atoms with Gasteiger partial charge in [-0.15, -0.1) is 0 Å². The van der Waals surface area contributed by atoms with Crippen molar-refractivity contribution in [1.82, 2.24) is 5.32 Å². The molecule has 0 radical (unpaired) electrons. The van der Waals surface area contributed by atoms with Crippen LogP contribution in [0.2, 0.25) is 0 Å². The SMILES string of the molecule is CC1CC(C(=O)NCc2cccc(C#N)c2)CO1. The highest BCUT2D eigenvalue weighted by molar-refractivity contribution is 5.79. The molecule has 0 saturated carbocycles. The van der Waals surface area contributed by atoms with Crippen LogP contribution in [0.15, 0.2) is 24.3 Å². The highest BCUT2D eigenvalue weighted by Gasteiger charge is 2.27. The summed E-state index contributed by atoms with van der Waals surface area (Å²) in [6.45, 7) is 2.94. The van der Waals surface area contributed by atoms with Crippen LogP contribution in [0.25, 0.3) is 0 Å². The number of carbonyl (C=O) groups excluding carboxylic acids is 1. The van der Waals surface area contributed by atoms with Crippen LogP contribution in [0.3, 0.4) is 0 Å². The Morgan fingerprint density at radius 1 is 1.61 bits per heavy atom. The molecular weight excluding hydrogens is 228 g/mol. The van der Waals surface area contributed by atoms with Crippen LogP contribution in [0.1, 0.15) is 24.5 Å². The number of nitrogens with zero attached hydrogens (tertiary/aromatic N) is 1. The van der Waals surface area contributed by atoms with Gasteiger partial charge >= 0.3 is 0 Å². The number of hydrogen-bond donors (Lipinski definition) is 1. The van der Waals surface area contributed by atoms with Gasteiger partial charge in [-0.1, -0.05) is 12.1 Å². The number of rotatable bonds is 3. The number of nitrogens with one attached hydrogen (secondary N) is 1. The van der Waals surface area contributed by atoms with Crippen molar-refractivity contribution in [2.75, 3.05) is 6.61 Å². The first kappa shape index (κ1) is 12.6. The molecule has 1 heterocycles. The molecule has 1 fully saturated rings. The summed E-state index contributed by atoms with van der Waals surface area (Å²) in [5, 5.41) is 11.7. The third-order valence-corrected chi connectivity index (χ3v) is 3.09. The van der Waals surface area contributed by atoms with Gasteiger partial charge in [0.2, 0.25) is 5.91 Å². The van der Waals surface area contributed by atoms with Crippen molar-refractivity contribution in [3.05, 3.63) is 35.4 Å². The van der Waals surface area contributed by atoms with E-state index < -0.39 is 0 Å². The predicted molar refractivity (Wildman–Crippen MR) is 66.5 cm³/mol. The molecule has 18 heavy (non-hydrogen) atoms. The molecule has 1 aliphatic rings. The molecule has 2 unspecified atom stereocenters. The maximum Gasteiger partial charge on any atom is 0.225 e. The molecule has 0 aliphatic carbocycles. The third-order valence-electron chi connectivity index (χ3n) is 3.09. The maximum atomic E-state index is 11.9. The molecule has 1 aromatic carbocycles. The van der Waals surface area contributed by atoms with Gasteiger partial charge in [-0.3, -0.25) is 4.79 Å². The summed E-state index contributed by atoms with van der Waals surface area (Å²) in [4.78, 5) is 11.9. The van der Waals surface area contributed by atoms with E-state index in [1.165, 1.54) is 0 Å². The van der Waals surface area contributed by atoms with E-state index in [1.807, 2.05) is 19.1 Å². The highest BCUT2D eigenvalue weighted by Crippen LogP contribution is 2.19. The van der Waals surface area contributed by atoms with E-state index in [4.69, 9.17) is 10.00 Å². The van der Waals surface area contributed by atoms with Crippen molar-refractivity contribution >= 4 is 5.91 Å². The zero-order valence-corrected chi connectivity index (χ0v) is 10.3. The second-order valence-electron chi connectivity index (χ2n) is 4.61. The first-order valence-electron chi connectivity index (χ1n) is 6.07. The minimum absolute atomic E-state index is 0.0294. The molecule has 0 spiro atoms. The second-order valence-corrected chi connectivity index (χ2v) is 4.61. The molecule has 1 saturated heterocycles. The number of benzene rings is 1. The fraction of sp³-hybridized carbons (Fsp3) is 0.429. The van der Waals surface area contributed by atoms with Crippen LogP contribution >= 0.6 is 0 Å². The molecule has 1 aromatic rings.